The van der Waals surface area contributed by atoms with E-state index >= 15 is 0 Å². The van der Waals surface area contributed by atoms with Gasteiger partial charge in [-0.25, -0.2) is 8.42 Å². The van der Waals surface area contributed by atoms with Gasteiger partial charge in [0.15, 0.2) is 9.84 Å². The van der Waals surface area contributed by atoms with Crippen LogP contribution in [0.1, 0.15) is 12.5 Å². The summed E-state index contributed by atoms with van der Waals surface area (Å²) < 4.78 is 27.7. The molecular formula is C11H15ClO4S. The molecule has 0 amide bonds. The van der Waals surface area contributed by atoms with Crippen molar-refractivity contribution in [2.75, 3.05) is 18.1 Å². The third-order valence-electron chi connectivity index (χ3n) is 2.27. The van der Waals surface area contributed by atoms with Gasteiger partial charge in [0.05, 0.1) is 17.4 Å². The molecular weight excluding hydrogens is 264 g/mol. The number of ether oxygens (including phenoxy) is 1. The summed E-state index contributed by atoms with van der Waals surface area (Å²) in [7, 11) is -3.02. The first-order valence-corrected chi connectivity index (χ1v) is 7.41. The number of hydrogen-bond acceptors (Lipinski definition) is 4. The number of benzene rings is 1. The quantitative estimate of drug-likeness (QED) is 0.859. The van der Waals surface area contributed by atoms with Crippen LogP contribution in [-0.4, -0.2) is 31.6 Å². The molecule has 96 valence electrons. The fourth-order valence-electron chi connectivity index (χ4n) is 1.18. The Morgan fingerprint density at radius 1 is 1.41 bits per heavy atom. The van der Waals surface area contributed by atoms with Crippen LogP contribution in [0.3, 0.4) is 0 Å². The van der Waals surface area contributed by atoms with Crippen LogP contribution in [0.25, 0.3) is 0 Å². The van der Waals surface area contributed by atoms with E-state index in [0.29, 0.717) is 16.3 Å². The van der Waals surface area contributed by atoms with Crippen molar-refractivity contribution in [2.45, 2.75) is 13.5 Å². The van der Waals surface area contributed by atoms with Crippen molar-refractivity contribution < 1.29 is 18.3 Å². The predicted octanol–water partition coefficient (Wildman–Crippen LogP) is 1.65. The van der Waals surface area contributed by atoms with E-state index in [-0.39, 0.29) is 24.7 Å². The average Bonchev–Trinajstić information content (AvgIpc) is 2.31. The number of hydrogen-bond donors (Lipinski definition) is 1. The highest BCUT2D eigenvalue weighted by molar-refractivity contribution is 7.91. The van der Waals surface area contributed by atoms with Crippen LogP contribution in [0.4, 0.5) is 0 Å². The van der Waals surface area contributed by atoms with Crippen molar-refractivity contribution in [1.29, 1.82) is 0 Å². The second-order valence-corrected chi connectivity index (χ2v) is 6.39. The van der Waals surface area contributed by atoms with Crippen LogP contribution >= 0.6 is 11.6 Å². The zero-order valence-corrected chi connectivity index (χ0v) is 11.1. The molecule has 0 fully saturated rings. The lowest BCUT2D eigenvalue weighted by Crippen LogP contribution is -2.15. The summed E-state index contributed by atoms with van der Waals surface area (Å²) in [6.45, 7) is 1.58. The van der Waals surface area contributed by atoms with Crippen LogP contribution in [-0.2, 0) is 16.4 Å². The molecule has 6 heteroatoms. The van der Waals surface area contributed by atoms with Crippen molar-refractivity contribution in [1.82, 2.24) is 0 Å². The van der Waals surface area contributed by atoms with Gasteiger partial charge in [-0.15, -0.1) is 0 Å². The summed E-state index contributed by atoms with van der Waals surface area (Å²) in [5.74, 6) is 0.505. The SMILES string of the molecule is CCS(=O)(=O)CCOc1ccc(CO)cc1Cl. The van der Waals surface area contributed by atoms with Gasteiger partial charge in [-0.1, -0.05) is 24.6 Å². The lowest BCUT2D eigenvalue weighted by molar-refractivity contribution is 0.281. The van der Waals surface area contributed by atoms with Gasteiger partial charge in [-0.3, -0.25) is 0 Å². The van der Waals surface area contributed by atoms with E-state index in [9.17, 15) is 8.42 Å². The molecule has 0 aromatic heterocycles. The highest BCUT2D eigenvalue weighted by Gasteiger charge is 2.08. The van der Waals surface area contributed by atoms with E-state index in [4.69, 9.17) is 21.4 Å². The third-order valence-corrected chi connectivity index (χ3v) is 4.23. The van der Waals surface area contributed by atoms with E-state index < -0.39 is 9.84 Å². The zero-order chi connectivity index (χ0) is 12.9. The van der Waals surface area contributed by atoms with E-state index in [1.807, 2.05) is 0 Å². The molecule has 0 aliphatic rings. The van der Waals surface area contributed by atoms with Gasteiger partial charge in [-0.05, 0) is 17.7 Å². The van der Waals surface area contributed by atoms with Gasteiger partial charge < -0.3 is 9.84 Å². The Hall–Kier alpha value is -0.780. The van der Waals surface area contributed by atoms with Gasteiger partial charge >= 0.3 is 0 Å². The van der Waals surface area contributed by atoms with E-state index in [0.717, 1.165) is 0 Å². The minimum Gasteiger partial charge on any atom is -0.491 e. The molecule has 4 nitrogen and oxygen atoms in total. The molecule has 1 aromatic carbocycles. The molecule has 1 rings (SSSR count). The highest BCUT2D eigenvalue weighted by Crippen LogP contribution is 2.25. The Balaban J connectivity index is 2.58. The van der Waals surface area contributed by atoms with Gasteiger partial charge in [0.2, 0.25) is 0 Å². The van der Waals surface area contributed by atoms with Gasteiger partial charge in [0.1, 0.15) is 12.4 Å². The van der Waals surface area contributed by atoms with Crippen molar-refractivity contribution >= 4 is 21.4 Å². The second-order valence-electron chi connectivity index (χ2n) is 3.51. The maximum absolute atomic E-state index is 11.2. The highest BCUT2D eigenvalue weighted by atomic mass is 35.5. The number of halogens is 1. The van der Waals surface area contributed by atoms with Crippen LogP contribution in [0.2, 0.25) is 5.02 Å². The smallest absolute Gasteiger partial charge is 0.153 e. The van der Waals surface area contributed by atoms with Gasteiger partial charge in [-0.2, -0.15) is 0 Å². The molecule has 1 N–H and O–H groups in total. The topological polar surface area (TPSA) is 63.6 Å². The first-order chi connectivity index (χ1) is 7.98. The number of sulfone groups is 1. The van der Waals surface area contributed by atoms with Crippen LogP contribution in [0.5, 0.6) is 5.75 Å². The van der Waals surface area contributed by atoms with Gasteiger partial charge in [0.25, 0.3) is 0 Å². The molecule has 0 atom stereocenters. The third kappa shape index (κ3) is 4.53. The summed E-state index contributed by atoms with van der Waals surface area (Å²) in [6.07, 6.45) is 0. The standard InChI is InChI=1S/C11H15ClO4S/c1-2-17(14,15)6-5-16-11-4-3-9(8-13)7-10(11)12/h3-4,7,13H,2,5-6,8H2,1H3. The van der Waals surface area contributed by atoms with E-state index in [2.05, 4.69) is 0 Å². The van der Waals surface area contributed by atoms with E-state index in [1.54, 1.807) is 25.1 Å². The van der Waals surface area contributed by atoms with Crippen molar-refractivity contribution in [3.8, 4) is 5.75 Å². The number of aliphatic hydroxyl groups is 1. The van der Waals surface area contributed by atoms with Crippen molar-refractivity contribution in [2.24, 2.45) is 0 Å². The molecule has 0 aliphatic carbocycles. The first kappa shape index (κ1) is 14.3. The van der Waals surface area contributed by atoms with Crippen molar-refractivity contribution in [3.63, 3.8) is 0 Å². The Morgan fingerprint density at radius 2 is 2.12 bits per heavy atom. The fourth-order valence-corrected chi connectivity index (χ4v) is 2.07. The molecule has 0 saturated carbocycles. The maximum atomic E-state index is 11.2. The monoisotopic (exact) mass is 278 g/mol. The zero-order valence-electron chi connectivity index (χ0n) is 9.52. The van der Waals surface area contributed by atoms with Crippen LogP contribution < -0.4 is 4.74 Å². The second kappa shape index (κ2) is 6.23. The normalized spacial score (nSPS) is 11.5. The van der Waals surface area contributed by atoms with Crippen LogP contribution in [0, 0.1) is 0 Å². The average molecular weight is 279 g/mol. The van der Waals surface area contributed by atoms with Crippen molar-refractivity contribution in [3.05, 3.63) is 28.8 Å². The molecule has 0 aliphatic heterocycles. The minimum absolute atomic E-state index is 0.0262. The van der Waals surface area contributed by atoms with Crippen LogP contribution in [0.15, 0.2) is 18.2 Å². The molecule has 0 unspecified atom stereocenters. The number of aliphatic hydroxyl groups excluding tert-OH is 1. The molecule has 17 heavy (non-hydrogen) atoms. The Labute approximate surface area is 106 Å². The Bertz CT molecular complexity index is 470. The fraction of sp³-hybridized carbons (Fsp3) is 0.455. The summed E-state index contributed by atoms with van der Waals surface area (Å²) in [4.78, 5) is 0. The molecule has 1 aromatic rings. The van der Waals surface area contributed by atoms with Gasteiger partial charge in [0, 0.05) is 5.75 Å². The lowest BCUT2D eigenvalue weighted by atomic mass is 10.2. The molecule has 0 bridgehead atoms. The lowest BCUT2D eigenvalue weighted by Gasteiger charge is -2.08. The maximum Gasteiger partial charge on any atom is 0.153 e. The summed E-state index contributed by atoms with van der Waals surface area (Å²) in [6, 6.07) is 4.88. The predicted molar refractivity (Wildman–Crippen MR) is 67.2 cm³/mol. The molecule has 0 heterocycles. The summed E-state index contributed by atoms with van der Waals surface area (Å²) in [5, 5.41) is 9.25. The first-order valence-electron chi connectivity index (χ1n) is 5.21. The molecule has 0 saturated heterocycles. The summed E-state index contributed by atoms with van der Waals surface area (Å²) >= 11 is 5.91. The Kier molecular flexibility index (Phi) is 5.24. The minimum atomic E-state index is -3.02. The largest absolute Gasteiger partial charge is 0.491 e. The molecule has 0 spiro atoms. The summed E-state index contributed by atoms with van der Waals surface area (Å²) in [5.41, 5.74) is 0.684. The van der Waals surface area contributed by atoms with E-state index in [1.165, 1.54) is 0 Å². The number of rotatable bonds is 6. The molecule has 0 radical (unpaired) electrons. The Morgan fingerprint density at radius 3 is 2.65 bits per heavy atom.